The Labute approximate surface area is 135 Å². The molecule has 1 aromatic rings. The van der Waals surface area contributed by atoms with E-state index in [0.29, 0.717) is 24.8 Å². The zero-order valence-electron chi connectivity index (χ0n) is 12.7. The lowest BCUT2D eigenvalue weighted by atomic mass is 9.95. The summed E-state index contributed by atoms with van der Waals surface area (Å²) in [7, 11) is 0. The van der Waals surface area contributed by atoms with Gasteiger partial charge in [-0.1, -0.05) is 11.6 Å². The lowest BCUT2D eigenvalue weighted by Crippen LogP contribution is -2.49. The summed E-state index contributed by atoms with van der Waals surface area (Å²) in [6, 6.07) is 3.62. The summed E-state index contributed by atoms with van der Waals surface area (Å²) in [4.78, 5) is 16.7. The van der Waals surface area contributed by atoms with Gasteiger partial charge in [-0.15, -0.1) is 10.2 Å². The maximum Gasteiger partial charge on any atom is 0.225 e. The van der Waals surface area contributed by atoms with E-state index < -0.39 is 0 Å². The number of amides is 1. The quantitative estimate of drug-likeness (QED) is 0.827. The van der Waals surface area contributed by atoms with E-state index in [0.717, 1.165) is 31.7 Å². The summed E-state index contributed by atoms with van der Waals surface area (Å²) in [5, 5.41) is 8.38. The molecule has 0 saturated carbocycles. The second-order valence-electron chi connectivity index (χ2n) is 5.94. The number of aromatic nitrogens is 2. The van der Waals surface area contributed by atoms with Gasteiger partial charge in [0.1, 0.15) is 0 Å². The van der Waals surface area contributed by atoms with E-state index in [1.165, 1.54) is 0 Å². The van der Waals surface area contributed by atoms with Crippen molar-refractivity contribution in [3.63, 3.8) is 0 Å². The lowest BCUT2D eigenvalue weighted by Gasteiger charge is -2.37. The predicted molar refractivity (Wildman–Crippen MR) is 84.0 cm³/mol. The minimum atomic E-state index is 0.113. The van der Waals surface area contributed by atoms with Gasteiger partial charge in [0.2, 0.25) is 5.91 Å². The average molecular weight is 325 g/mol. The van der Waals surface area contributed by atoms with Gasteiger partial charge in [-0.3, -0.25) is 4.79 Å². The molecule has 2 aliphatic heterocycles. The van der Waals surface area contributed by atoms with Crippen molar-refractivity contribution in [2.75, 3.05) is 37.7 Å². The number of carbonyl (C=O) groups excluding carboxylic acids is 1. The summed E-state index contributed by atoms with van der Waals surface area (Å²) in [6.07, 6.45) is 1.85. The highest BCUT2D eigenvalue weighted by atomic mass is 35.5. The van der Waals surface area contributed by atoms with Crippen molar-refractivity contribution < 1.29 is 9.53 Å². The van der Waals surface area contributed by atoms with Gasteiger partial charge in [-0.05, 0) is 31.9 Å². The Balaban J connectivity index is 1.55. The summed E-state index contributed by atoms with van der Waals surface area (Å²) >= 11 is 5.76. The lowest BCUT2D eigenvalue weighted by molar-refractivity contribution is -0.143. The molecule has 1 aromatic heterocycles. The van der Waals surface area contributed by atoms with Crippen LogP contribution in [0, 0.1) is 5.92 Å². The fourth-order valence-electron chi connectivity index (χ4n) is 3.11. The van der Waals surface area contributed by atoms with Crippen LogP contribution in [0.2, 0.25) is 5.15 Å². The molecule has 3 heterocycles. The number of nitrogens with zero attached hydrogens (tertiary/aromatic N) is 4. The first kappa shape index (κ1) is 15.5. The molecule has 1 amide bonds. The second kappa shape index (κ2) is 6.79. The monoisotopic (exact) mass is 324 g/mol. The molecule has 120 valence electrons. The molecule has 0 aliphatic carbocycles. The van der Waals surface area contributed by atoms with Crippen molar-refractivity contribution >= 4 is 23.3 Å². The van der Waals surface area contributed by atoms with Crippen LogP contribution in [-0.2, 0) is 9.53 Å². The summed E-state index contributed by atoms with van der Waals surface area (Å²) < 4.78 is 5.50. The molecule has 7 heteroatoms. The molecule has 0 N–H and O–H groups in total. The zero-order chi connectivity index (χ0) is 15.5. The molecule has 2 aliphatic rings. The fourth-order valence-corrected chi connectivity index (χ4v) is 3.21. The van der Waals surface area contributed by atoms with Crippen molar-refractivity contribution in [2.45, 2.75) is 25.9 Å². The van der Waals surface area contributed by atoms with E-state index in [2.05, 4.69) is 15.1 Å². The minimum absolute atomic E-state index is 0.113. The van der Waals surface area contributed by atoms with Crippen molar-refractivity contribution in [1.29, 1.82) is 0 Å². The van der Waals surface area contributed by atoms with Crippen LogP contribution in [0.3, 0.4) is 0 Å². The summed E-state index contributed by atoms with van der Waals surface area (Å²) in [6.45, 7) is 5.74. The average Bonchev–Trinajstić information content (AvgIpc) is 2.55. The van der Waals surface area contributed by atoms with Gasteiger partial charge in [0, 0.05) is 32.1 Å². The molecule has 0 radical (unpaired) electrons. The van der Waals surface area contributed by atoms with Crippen LogP contribution in [0.25, 0.3) is 0 Å². The maximum atomic E-state index is 12.6. The van der Waals surface area contributed by atoms with Crippen LogP contribution in [-0.4, -0.2) is 59.9 Å². The molecule has 22 heavy (non-hydrogen) atoms. The number of piperidine rings is 1. The molecule has 0 unspecified atom stereocenters. The highest BCUT2D eigenvalue weighted by Crippen LogP contribution is 2.24. The number of morpholine rings is 1. The topological polar surface area (TPSA) is 58.6 Å². The first-order valence-corrected chi connectivity index (χ1v) is 8.16. The Morgan fingerprint density at radius 2 is 2.05 bits per heavy atom. The highest BCUT2D eigenvalue weighted by Gasteiger charge is 2.31. The molecule has 2 fully saturated rings. The van der Waals surface area contributed by atoms with Crippen molar-refractivity contribution in [1.82, 2.24) is 15.1 Å². The van der Waals surface area contributed by atoms with Gasteiger partial charge in [0.05, 0.1) is 12.7 Å². The van der Waals surface area contributed by atoms with Crippen molar-refractivity contribution in [3.8, 4) is 0 Å². The van der Waals surface area contributed by atoms with Gasteiger partial charge >= 0.3 is 0 Å². The van der Waals surface area contributed by atoms with E-state index in [1.54, 1.807) is 6.07 Å². The summed E-state index contributed by atoms with van der Waals surface area (Å²) in [5.41, 5.74) is 0. The Morgan fingerprint density at radius 3 is 2.68 bits per heavy atom. The maximum absolute atomic E-state index is 12.6. The molecule has 2 saturated heterocycles. The molecular weight excluding hydrogens is 304 g/mol. The predicted octanol–water partition coefficient (Wildman–Crippen LogP) is 1.59. The smallest absolute Gasteiger partial charge is 0.225 e. The number of rotatable bonds is 2. The number of hydrogen-bond acceptors (Lipinski definition) is 5. The summed E-state index contributed by atoms with van der Waals surface area (Å²) in [5.74, 6) is 1.22. The van der Waals surface area contributed by atoms with Gasteiger partial charge in [0.25, 0.3) is 0 Å². The van der Waals surface area contributed by atoms with Crippen LogP contribution in [0.4, 0.5) is 5.82 Å². The van der Waals surface area contributed by atoms with Gasteiger partial charge < -0.3 is 14.5 Å². The van der Waals surface area contributed by atoms with Crippen LogP contribution >= 0.6 is 11.6 Å². The van der Waals surface area contributed by atoms with Gasteiger partial charge in [-0.25, -0.2) is 0 Å². The first-order valence-electron chi connectivity index (χ1n) is 7.78. The number of anilines is 1. The Bertz CT molecular complexity index is 517. The zero-order valence-corrected chi connectivity index (χ0v) is 13.5. The van der Waals surface area contributed by atoms with E-state index in [4.69, 9.17) is 16.3 Å². The van der Waals surface area contributed by atoms with E-state index in [9.17, 15) is 4.79 Å². The Morgan fingerprint density at radius 1 is 1.27 bits per heavy atom. The van der Waals surface area contributed by atoms with Gasteiger partial charge in [-0.2, -0.15) is 0 Å². The third kappa shape index (κ3) is 3.50. The third-order valence-electron chi connectivity index (χ3n) is 4.34. The Kier molecular flexibility index (Phi) is 4.78. The molecule has 3 rings (SSSR count). The normalized spacial score (nSPS) is 23.6. The van der Waals surface area contributed by atoms with Crippen molar-refractivity contribution in [2.24, 2.45) is 5.92 Å². The number of halogens is 1. The molecule has 1 atom stereocenters. The largest absolute Gasteiger partial charge is 0.375 e. The minimum Gasteiger partial charge on any atom is -0.375 e. The van der Waals surface area contributed by atoms with E-state index in [1.807, 2.05) is 17.9 Å². The SMILES string of the molecule is C[C@@H]1CN(C(=O)C2CCN(c3ccc(Cl)nn3)CC2)CCO1. The molecule has 0 bridgehead atoms. The molecule has 0 aromatic carbocycles. The fraction of sp³-hybridized carbons (Fsp3) is 0.667. The highest BCUT2D eigenvalue weighted by molar-refractivity contribution is 6.29. The van der Waals surface area contributed by atoms with E-state index in [-0.39, 0.29) is 17.9 Å². The standard InChI is InChI=1S/C15H21ClN4O2/c1-11-10-20(8-9-22-11)15(21)12-4-6-19(7-5-12)14-3-2-13(16)17-18-14/h2-3,11-12H,4-10H2,1H3/t11-/m1/s1. The van der Waals surface area contributed by atoms with Gasteiger partial charge in [0.15, 0.2) is 11.0 Å². The van der Waals surface area contributed by atoms with Crippen LogP contribution < -0.4 is 4.90 Å². The van der Waals surface area contributed by atoms with Crippen LogP contribution in [0.5, 0.6) is 0 Å². The molecule has 0 spiro atoms. The number of carbonyl (C=O) groups is 1. The first-order chi connectivity index (χ1) is 10.6. The Hall–Kier alpha value is -1.40. The molecular formula is C15H21ClN4O2. The molecule has 6 nitrogen and oxygen atoms in total. The third-order valence-corrected chi connectivity index (χ3v) is 4.54. The van der Waals surface area contributed by atoms with Crippen molar-refractivity contribution in [3.05, 3.63) is 17.3 Å². The van der Waals surface area contributed by atoms with Crippen LogP contribution in [0.15, 0.2) is 12.1 Å². The van der Waals surface area contributed by atoms with E-state index >= 15 is 0 Å². The van der Waals surface area contributed by atoms with Crippen LogP contribution in [0.1, 0.15) is 19.8 Å². The number of hydrogen-bond donors (Lipinski definition) is 0. The number of ether oxygens (including phenoxy) is 1. The second-order valence-corrected chi connectivity index (χ2v) is 6.33.